The number of amides is 1. The van der Waals surface area contributed by atoms with Gasteiger partial charge in [-0.05, 0) is 68.4 Å². The number of carbonyl (C=O) groups excluding carboxylic acids is 1. The van der Waals surface area contributed by atoms with Gasteiger partial charge >= 0.3 is 5.76 Å². The molecular weight excluding hydrogens is 304 g/mol. The Bertz CT molecular complexity index is 828. The van der Waals surface area contributed by atoms with E-state index in [0.717, 1.165) is 37.0 Å². The number of nitrogens with one attached hydrogen (secondary N) is 1. The first-order valence-electron chi connectivity index (χ1n) is 9.00. The Morgan fingerprint density at radius 3 is 2.42 bits per heavy atom. The molecule has 4 fully saturated rings. The van der Waals surface area contributed by atoms with Gasteiger partial charge in [-0.1, -0.05) is 12.1 Å². The highest BCUT2D eigenvalue weighted by Gasteiger charge is 2.51. The quantitative estimate of drug-likeness (QED) is 0.943. The molecule has 4 bridgehead atoms. The van der Waals surface area contributed by atoms with Crippen LogP contribution in [-0.4, -0.2) is 16.0 Å². The van der Waals surface area contributed by atoms with E-state index in [1.54, 1.807) is 6.07 Å². The topological polar surface area (TPSA) is 64.2 Å². The molecule has 0 saturated heterocycles. The number of benzene rings is 1. The van der Waals surface area contributed by atoms with Crippen LogP contribution in [0.2, 0.25) is 0 Å². The largest absolute Gasteiger partial charge is 0.420 e. The van der Waals surface area contributed by atoms with Crippen molar-refractivity contribution in [2.45, 2.75) is 50.6 Å². The Morgan fingerprint density at radius 2 is 1.75 bits per heavy atom. The molecule has 4 aliphatic carbocycles. The molecule has 1 aromatic heterocycles. The summed E-state index contributed by atoms with van der Waals surface area (Å²) in [5, 5.41) is 3.31. The lowest BCUT2D eigenvalue weighted by Gasteiger charge is -2.56. The second kappa shape index (κ2) is 4.98. The Hall–Kier alpha value is -2.04. The number of hydrogen-bond acceptors (Lipinski definition) is 3. The summed E-state index contributed by atoms with van der Waals surface area (Å²) in [6.45, 7) is 0.0393. The van der Waals surface area contributed by atoms with E-state index in [1.807, 2.05) is 18.2 Å². The van der Waals surface area contributed by atoms with Crippen LogP contribution in [0.4, 0.5) is 0 Å². The van der Waals surface area contributed by atoms with Crippen LogP contribution in [0.25, 0.3) is 11.1 Å². The number of aromatic nitrogens is 1. The van der Waals surface area contributed by atoms with Gasteiger partial charge in [0.05, 0.1) is 5.52 Å². The number of fused-ring (bicyclic) bond motifs is 1. The van der Waals surface area contributed by atoms with Crippen molar-refractivity contribution in [2.75, 3.05) is 0 Å². The monoisotopic (exact) mass is 326 g/mol. The molecule has 1 amide bonds. The lowest BCUT2D eigenvalue weighted by molar-refractivity contribution is -0.127. The lowest BCUT2D eigenvalue weighted by atomic mass is 9.53. The SMILES string of the molecule is O=C(Cn1c(=O)oc2ccccc21)NC12CC3CC(CC(C3)C1)C2. The minimum atomic E-state index is -0.461. The normalized spacial score (nSPS) is 33.9. The molecule has 4 saturated carbocycles. The molecule has 5 heteroatoms. The summed E-state index contributed by atoms with van der Waals surface area (Å²) in [5.74, 6) is 1.83. The Balaban J connectivity index is 1.38. The standard InChI is InChI=1S/C19H22N2O3/c22-17(11-21-15-3-1-2-4-16(15)24-18(21)23)20-19-8-12-5-13(9-19)7-14(6-12)10-19/h1-4,12-14H,5-11H2,(H,20,22). The van der Waals surface area contributed by atoms with E-state index in [2.05, 4.69) is 5.32 Å². The second-order valence-corrected chi connectivity index (χ2v) is 8.17. The maximum atomic E-state index is 12.7. The van der Waals surface area contributed by atoms with E-state index >= 15 is 0 Å². The fourth-order valence-electron chi connectivity index (χ4n) is 5.91. The van der Waals surface area contributed by atoms with Gasteiger partial charge in [-0.2, -0.15) is 0 Å². The molecule has 5 nitrogen and oxygen atoms in total. The van der Waals surface area contributed by atoms with Gasteiger partial charge in [0.25, 0.3) is 0 Å². The van der Waals surface area contributed by atoms with E-state index in [-0.39, 0.29) is 18.0 Å². The third-order valence-electron chi connectivity index (χ3n) is 6.32. The number of hydrogen-bond donors (Lipinski definition) is 1. The average molecular weight is 326 g/mol. The number of para-hydroxylation sites is 2. The van der Waals surface area contributed by atoms with E-state index in [0.29, 0.717) is 11.1 Å². The zero-order valence-corrected chi connectivity index (χ0v) is 13.7. The molecule has 2 aromatic rings. The molecule has 1 N–H and O–H groups in total. The van der Waals surface area contributed by atoms with Gasteiger partial charge in [0.1, 0.15) is 6.54 Å². The summed E-state index contributed by atoms with van der Waals surface area (Å²) in [5.41, 5.74) is 1.20. The fourth-order valence-corrected chi connectivity index (χ4v) is 5.91. The van der Waals surface area contributed by atoms with Crippen LogP contribution in [0, 0.1) is 17.8 Å². The van der Waals surface area contributed by atoms with Crippen molar-refractivity contribution >= 4 is 17.0 Å². The van der Waals surface area contributed by atoms with Crippen LogP contribution >= 0.6 is 0 Å². The molecule has 126 valence electrons. The molecule has 1 heterocycles. The highest BCUT2D eigenvalue weighted by Crippen LogP contribution is 2.55. The predicted molar refractivity (Wildman–Crippen MR) is 89.5 cm³/mol. The molecule has 0 atom stereocenters. The zero-order valence-electron chi connectivity index (χ0n) is 13.7. The molecule has 0 unspecified atom stereocenters. The molecule has 24 heavy (non-hydrogen) atoms. The molecular formula is C19H22N2O3. The minimum absolute atomic E-state index is 0.0189. The van der Waals surface area contributed by atoms with Crippen molar-refractivity contribution < 1.29 is 9.21 Å². The average Bonchev–Trinajstić information content (AvgIpc) is 2.81. The van der Waals surface area contributed by atoms with Crippen molar-refractivity contribution in [3.8, 4) is 0 Å². The smallest absolute Gasteiger partial charge is 0.408 e. The molecule has 0 aliphatic heterocycles. The van der Waals surface area contributed by atoms with Crippen molar-refractivity contribution in [3.63, 3.8) is 0 Å². The summed E-state index contributed by atoms with van der Waals surface area (Å²) < 4.78 is 6.66. The lowest BCUT2D eigenvalue weighted by Crippen LogP contribution is -2.60. The van der Waals surface area contributed by atoms with Gasteiger partial charge < -0.3 is 9.73 Å². The second-order valence-electron chi connectivity index (χ2n) is 8.17. The minimum Gasteiger partial charge on any atom is -0.408 e. The van der Waals surface area contributed by atoms with E-state index in [1.165, 1.54) is 23.8 Å². The van der Waals surface area contributed by atoms with Gasteiger partial charge in [0.2, 0.25) is 5.91 Å². The summed E-state index contributed by atoms with van der Waals surface area (Å²) in [6, 6.07) is 7.25. The number of carbonyl (C=O) groups is 1. The van der Waals surface area contributed by atoms with Crippen molar-refractivity contribution in [1.29, 1.82) is 0 Å². The van der Waals surface area contributed by atoms with E-state index in [9.17, 15) is 9.59 Å². The van der Waals surface area contributed by atoms with Gasteiger partial charge in [-0.3, -0.25) is 9.36 Å². The first-order chi connectivity index (χ1) is 11.6. The number of oxazole rings is 1. The first kappa shape index (κ1) is 14.3. The molecule has 1 aromatic carbocycles. The van der Waals surface area contributed by atoms with Gasteiger partial charge in [0.15, 0.2) is 5.58 Å². The Kier molecular flexibility index (Phi) is 2.97. The highest BCUT2D eigenvalue weighted by molar-refractivity contribution is 5.80. The van der Waals surface area contributed by atoms with Gasteiger partial charge in [0, 0.05) is 5.54 Å². The van der Waals surface area contributed by atoms with Gasteiger partial charge in [-0.15, -0.1) is 0 Å². The van der Waals surface area contributed by atoms with E-state index in [4.69, 9.17) is 4.42 Å². The summed E-state index contributed by atoms with van der Waals surface area (Å²) in [7, 11) is 0. The highest BCUT2D eigenvalue weighted by atomic mass is 16.4. The van der Waals surface area contributed by atoms with E-state index < -0.39 is 5.76 Å². The molecule has 6 rings (SSSR count). The van der Waals surface area contributed by atoms with Crippen LogP contribution in [0.1, 0.15) is 38.5 Å². The van der Waals surface area contributed by atoms with Crippen LogP contribution in [0.3, 0.4) is 0 Å². The van der Waals surface area contributed by atoms with Crippen molar-refractivity contribution in [2.24, 2.45) is 17.8 Å². The molecule has 4 aliphatic rings. The predicted octanol–water partition coefficient (Wildman–Crippen LogP) is 2.68. The van der Waals surface area contributed by atoms with Crippen LogP contribution < -0.4 is 11.1 Å². The summed E-state index contributed by atoms with van der Waals surface area (Å²) in [4.78, 5) is 24.7. The third-order valence-corrected chi connectivity index (χ3v) is 6.32. The van der Waals surface area contributed by atoms with Crippen molar-refractivity contribution in [1.82, 2.24) is 9.88 Å². The number of rotatable bonds is 3. The Labute approximate surface area is 140 Å². The molecule has 0 spiro atoms. The fraction of sp³-hybridized carbons (Fsp3) is 0.579. The zero-order chi connectivity index (χ0) is 16.3. The summed E-state index contributed by atoms with van der Waals surface area (Å²) >= 11 is 0. The van der Waals surface area contributed by atoms with Crippen molar-refractivity contribution in [3.05, 3.63) is 34.8 Å². The van der Waals surface area contributed by atoms with Crippen LogP contribution in [0.5, 0.6) is 0 Å². The Morgan fingerprint density at radius 1 is 1.12 bits per heavy atom. The van der Waals surface area contributed by atoms with Crippen LogP contribution in [0.15, 0.2) is 33.5 Å². The first-order valence-corrected chi connectivity index (χ1v) is 9.00. The molecule has 0 radical (unpaired) electrons. The van der Waals surface area contributed by atoms with Gasteiger partial charge in [-0.25, -0.2) is 4.79 Å². The number of nitrogens with zero attached hydrogens (tertiary/aromatic N) is 1. The maximum absolute atomic E-state index is 12.7. The maximum Gasteiger partial charge on any atom is 0.420 e. The summed E-state index contributed by atoms with van der Waals surface area (Å²) in [6.07, 6.45) is 7.40. The third kappa shape index (κ3) is 2.21. The van der Waals surface area contributed by atoms with Crippen LogP contribution in [-0.2, 0) is 11.3 Å².